The van der Waals surface area contributed by atoms with E-state index in [1.807, 2.05) is 38.1 Å². The fourth-order valence-electron chi connectivity index (χ4n) is 2.81. The maximum atomic E-state index is 12.3. The number of nitrogens with one attached hydrogen (secondary N) is 1. The monoisotopic (exact) mass is 366 g/mol. The van der Waals surface area contributed by atoms with Crippen LogP contribution in [0, 0.1) is 13.8 Å². The number of amides is 1. The molecule has 1 amide bonds. The van der Waals surface area contributed by atoms with E-state index in [1.54, 1.807) is 15.9 Å². The first-order valence-corrected chi connectivity index (χ1v) is 9.25. The lowest BCUT2D eigenvalue weighted by Crippen LogP contribution is -2.26. The number of aryl methyl sites for hydroxylation is 3. The first-order valence-electron chi connectivity index (χ1n) is 8.44. The Labute approximate surface area is 154 Å². The molecular formula is C18H18N6OS. The van der Waals surface area contributed by atoms with E-state index in [2.05, 4.69) is 31.4 Å². The van der Waals surface area contributed by atoms with Gasteiger partial charge >= 0.3 is 0 Å². The van der Waals surface area contributed by atoms with E-state index < -0.39 is 0 Å². The van der Waals surface area contributed by atoms with E-state index >= 15 is 0 Å². The van der Waals surface area contributed by atoms with E-state index in [-0.39, 0.29) is 11.7 Å². The van der Waals surface area contributed by atoms with Crippen LogP contribution in [0.1, 0.15) is 33.4 Å². The van der Waals surface area contributed by atoms with Gasteiger partial charge in [-0.25, -0.2) is 14.5 Å². The molecule has 0 unspecified atom stereocenters. The van der Waals surface area contributed by atoms with Crippen molar-refractivity contribution >= 4 is 33.2 Å². The summed E-state index contributed by atoms with van der Waals surface area (Å²) in [6.45, 7) is 4.36. The van der Waals surface area contributed by atoms with Crippen LogP contribution in [-0.2, 0) is 6.42 Å². The van der Waals surface area contributed by atoms with Gasteiger partial charge in [-0.15, -0.1) is 16.4 Å². The SMILES string of the molecule is Cc1cc(C)n2nc(C(=O)NCCCc3nc4ccccc4s3)nc2n1. The van der Waals surface area contributed by atoms with Crippen LogP contribution in [-0.4, -0.2) is 37.0 Å². The Hall–Kier alpha value is -2.87. The molecule has 0 fully saturated rings. The third-order valence-electron chi connectivity index (χ3n) is 4.01. The van der Waals surface area contributed by atoms with Gasteiger partial charge in [0.2, 0.25) is 5.82 Å². The molecule has 8 heteroatoms. The van der Waals surface area contributed by atoms with Crippen LogP contribution in [0.2, 0.25) is 0 Å². The molecule has 1 N–H and O–H groups in total. The van der Waals surface area contributed by atoms with E-state index in [0.29, 0.717) is 12.3 Å². The summed E-state index contributed by atoms with van der Waals surface area (Å²) in [5.74, 6) is 0.310. The summed E-state index contributed by atoms with van der Waals surface area (Å²) < 4.78 is 2.78. The number of fused-ring (bicyclic) bond motifs is 2. The fraction of sp³-hybridized carbons (Fsp3) is 0.278. The number of rotatable bonds is 5. The number of nitrogens with zero attached hydrogens (tertiary/aromatic N) is 5. The lowest BCUT2D eigenvalue weighted by Gasteiger charge is -2.00. The molecule has 0 bridgehead atoms. The molecule has 26 heavy (non-hydrogen) atoms. The second-order valence-corrected chi connectivity index (χ2v) is 7.24. The van der Waals surface area contributed by atoms with Crippen LogP contribution in [0.5, 0.6) is 0 Å². The van der Waals surface area contributed by atoms with Gasteiger partial charge in [-0.3, -0.25) is 4.79 Å². The van der Waals surface area contributed by atoms with Crippen LogP contribution in [0.4, 0.5) is 0 Å². The van der Waals surface area contributed by atoms with Gasteiger partial charge in [0.05, 0.1) is 15.2 Å². The average molecular weight is 366 g/mol. The minimum atomic E-state index is -0.281. The Morgan fingerprint density at radius 1 is 1.19 bits per heavy atom. The standard InChI is InChI=1S/C18H18N6OS/c1-11-10-12(2)24-18(20-11)22-16(23-24)17(25)19-9-5-8-15-21-13-6-3-4-7-14(13)26-15/h3-4,6-7,10H,5,8-9H2,1-2H3,(H,19,25). The highest BCUT2D eigenvalue weighted by Crippen LogP contribution is 2.22. The molecule has 3 heterocycles. The highest BCUT2D eigenvalue weighted by atomic mass is 32.1. The topological polar surface area (TPSA) is 85.1 Å². The molecular weight excluding hydrogens is 348 g/mol. The highest BCUT2D eigenvalue weighted by Gasteiger charge is 2.14. The molecule has 0 saturated heterocycles. The lowest BCUT2D eigenvalue weighted by atomic mass is 10.3. The molecule has 1 aromatic carbocycles. The second kappa shape index (κ2) is 6.80. The third-order valence-corrected chi connectivity index (χ3v) is 5.11. The molecule has 4 rings (SSSR count). The normalized spacial score (nSPS) is 11.3. The van der Waals surface area contributed by atoms with Gasteiger partial charge in [0.25, 0.3) is 11.7 Å². The Morgan fingerprint density at radius 2 is 2.04 bits per heavy atom. The Morgan fingerprint density at radius 3 is 2.88 bits per heavy atom. The highest BCUT2D eigenvalue weighted by molar-refractivity contribution is 7.18. The molecule has 0 radical (unpaired) electrons. The number of aromatic nitrogens is 5. The van der Waals surface area contributed by atoms with Crippen molar-refractivity contribution in [3.05, 3.63) is 52.6 Å². The Kier molecular flexibility index (Phi) is 4.34. The quantitative estimate of drug-likeness (QED) is 0.549. The summed E-state index contributed by atoms with van der Waals surface area (Å²) in [6, 6.07) is 10.0. The van der Waals surface area contributed by atoms with Crippen molar-refractivity contribution in [3.8, 4) is 0 Å². The Balaban J connectivity index is 1.36. The van der Waals surface area contributed by atoms with Crippen molar-refractivity contribution in [2.45, 2.75) is 26.7 Å². The summed E-state index contributed by atoms with van der Waals surface area (Å²) >= 11 is 1.70. The molecule has 0 aliphatic rings. The van der Waals surface area contributed by atoms with Gasteiger partial charge < -0.3 is 5.32 Å². The van der Waals surface area contributed by atoms with Crippen LogP contribution in [0.3, 0.4) is 0 Å². The van der Waals surface area contributed by atoms with E-state index in [0.717, 1.165) is 34.8 Å². The average Bonchev–Trinajstić information content (AvgIpc) is 3.22. The molecule has 132 valence electrons. The Bertz CT molecular complexity index is 1070. The van der Waals surface area contributed by atoms with Crippen molar-refractivity contribution in [3.63, 3.8) is 0 Å². The van der Waals surface area contributed by atoms with Crippen LogP contribution in [0.15, 0.2) is 30.3 Å². The molecule has 0 saturated carbocycles. The van der Waals surface area contributed by atoms with E-state index in [4.69, 9.17) is 0 Å². The molecule has 0 aliphatic heterocycles. The second-order valence-electron chi connectivity index (χ2n) is 6.12. The van der Waals surface area contributed by atoms with E-state index in [9.17, 15) is 4.79 Å². The summed E-state index contributed by atoms with van der Waals surface area (Å²) in [7, 11) is 0. The van der Waals surface area contributed by atoms with Crippen LogP contribution < -0.4 is 5.32 Å². The number of carbonyl (C=O) groups excluding carboxylic acids is 1. The number of para-hydroxylation sites is 1. The van der Waals surface area contributed by atoms with Gasteiger partial charge in [-0.05, 0) is 38.5 Å². The number of hydrogen-bond acceptors (Lipinski definition) is 6. The number of benzene rings is 1. The molecule has 0 spiro atoms. The van der Waals surface area contributed by atoms with Crippen LogP contribution in [0.25, 0.3) is 16.0 Å². The van der Waals surface area contributed by atoms with Gasteiger partial charge in [0, 0.05) is 24.4 Å². The maximum Gasteiger partial charge on any atom is 0.291 e. The zero-order valence-corrected chi connectivity index (χ0v) is 15.4. The summed E-state index contributed by atoms with van der Waals surface area (Å²) in [4.78, 5) is 25.4. The largest absolute Gasteiger partial charge is 0.349 e. The van der Waals surface area contributed by atoms with Crippen molar-refractivity contribution in [1.29, 1.82) is 0 Å². The molecule has 0 aliphatic carbocycles. The minimum Gasteiger partial charge on any atom is -0.349 e. The smallest absolute Gasteiger partial charge is 0.291 e. The van der Waals surface area contributed by atoms with Gasteiger partial charge in [0.15, 0.2) is 0 Å². The van der Waals surface area contributed by atoms with Crippen LogP contribution >= 0.6 is 11.3 Å². The summed E-state index contributed by atoms with van der Waals surface area (Å²) in [5, 5.41) is 8.19. The lowest BCUT2D eigenvalue weighted by molar-refractivity contribution is 0.0943. The molecule has 7 nitrogen and oxygen atoms in total. The van der Waals surface area contributed by atoms with Crippen molar-refractivity contribution in [2.75, 3.05) is 6.54 Å². The number of carbonyl (C=O) groups is 1. The zero-order chi connectivity index (χ0) is 18.1. The van der Waals surface area contributed by atoms with E-state index in [1.165, 1.54) is 4.70 Å². The molecule has 4 aromatic rings. The number of hydrogen-bond donors (Lipinski definition) is 1. The first kappa shape index (κ1) is 16.6. The maximum absolute atomic E-state index is 12.3. The molecule has 3 aromatic heterocycles. The predicted octanol–water partition coefficient (Wildman–Crippen LogP) is 2.71. The van der Waals surface area contributed by atoms with Crippen molar-refractivity contribution in [2.24, 2.45) is 0 Å². The zero-order valence-electron chi connectivity index (χ0n) is 14.6. The van der Waals surface area contributed by atoms with Crippen molar-refractivity contribution in [1.82, 2.24) is 29.9 Å². The minimum absolute atomic E-state index is 0.145. The summed E-state index contributed by atoms with van der Waals surface area (Å²) in [6.07, 6.45) is 1.65. The van der Waals surface area contributed by atoms with Gasteiger partial charge in [-0.1, -0.05) is 12.1 Å². The predicted molar refractivity (Wildman–Crippen MR) is 101 cm³/mol. The molecule has 0 atom stereocenters. The van der Waals surface area contributed by atoms with Gasteiger partial charge in [-0.2, -0.15) is 4.98 Å². The number of thiazole rings is 1. The fourth-order valence-corrected chi connectivity index (χ4v) is 3.82. The van der Waals surface area contributed by atoms with Crippen molar-refractivity contribution < 1.29 is 4.79 Å². The summed E-state index contributed by atoms with van der Waals surface area (Å²) in [5.41, 5.74) is 2.78. The first-order chi connectivity index (χ1) is 12.6. The van der Waals surface area contributed by atoms with Gasteiger partial charge in [0.1, 0.15) is 0 Å². The third kappa shape index (κ3) is 3.28.